The van der Waals surface area contributed by atoms with Gasteiger partial charge >= 0.3 is 7.82 Å². The summed E-state index contributed by atoms with van der Waals surface area (Å²) in [6, 6.07) is 0. The van der Waals surface area contributed by atoms with Crippen molar-refractivity contribution < 1.29 is 33.5 Å². The minimum absolute atomic E-state index is 0.233. The van der Waals surface area contributed by atoms with Crippen molar-refractivity contribution in [2.24, 2.45) is 0 Å². The van der Waals surface area contributed by atoms with E-state index in [1.807, 2.05) is 41.5 Å². The molecule has 62 heavy (non-hydrogen) atoms. The molecule has 0 unspecified atom stereocenters. The van der Waals surface area contributed by atoms with Crippen LogP contribution in [-0.4, -0.2) is 15.3 Å². The Bertz CT molecular complexity index is 1810. The molecule has 8 heteroatoms. The van der Waals surface area contributed by atoms with Gasteiger partial charge < -0.3 is 28.9 Å². The Hall–Kier alpha value is -3.31. The standard InChI is InChI=1S/C54H87O7P/c1-25-31-37(49(7,8)9)43(55)38(50(10,11)12)32(26-2)46(31)59-62(58,60-47-33(27-3)39(51(13,14)15)44(56)40(34(47)28-4)52(16,17)18)61-48-35(29-5)41(53(19,20)21)45(57)42(36(48)30-6)54(22,23)24/h55-57H,25-30H2,1-24H3. The van der Waals surface area contributed by atoms with Gasteiger partial charge in [0.15, 0.2) is 0 Å². The number of rotatable bonds is 12. The summed E-state index contributed by atoms with van der Waals surface area (Å²) in [5.41, 5.74) is 5.83. The maximum absolute atomic E-state index is 16.9. The monoisotopic (exact) mass is 879 g/mol. The van der Waals surface area contributed by atoms with Gasteiger partial charge in [0.25, 0.3) is 0 Å². The highest BCUT2D eigenvalue weighted by Gasteiger charge is 2.45. The molecule has 0 fully saturated rings. The molecule has 0 saturated carbocycles. The molecule has 0 amide bonds. The number of phenolic OH excluding ortho intramolecular Hbond substituents is 3. The third-order valence-electron chi connectivity index (χ3n) is 12.1. The highest BCUT2D eigenvalue weighted by Crippen LogP contribution is 2.61. The zero-order valence-corrected chi connectivity index (χ0v) is 44.6. The lowest BCUT2D eigenvalue weighted by Gasteiger charge is -2.37. The van der Waals surface area contributed by atoms with Gasteiger partial charge in [-0.1, -0.05) is 166 Å². The van der Waals surface area contributed by atoms with Crippen molar-refractivity contribution in [2.45, 2.75) is 237 Å². The zero-order chi connectivity index (χ0) is 48.3. The predicted molar refractivity (Wildman–Crippen MR) is 262 cm³/mol. The van der Waals surface area contributed by atoms with E-state index in [9.17, 15) is 15.3 Å². The van der Waals surface area contributed by atoms with Crippen LogP contribution >= 0.6 is 7.82 Å². The molecule has 3 aromatic carbocycles. The summed E-state index contributed by atoms with van der Waals surface area (Å²) in [5.74, 6) is 1.89. The Labute approximate surface area is 378 Å². The van der Waals surface area contributed by atoms with Crippen LogP contribution in [0.15, 0.2) is 0 Å². The molecule has 0 atom stereocenters. The van der Waals surface area contributed by atoms with Crippen LogP contribution in [-0.2, 0) is 75.6 Å². The number of benzene rings is 3. The van der Waals surface area contributed by atoms with Gasteiger partial charge in [-0.25, -0.2) is 0 Å². The van der Waals surface area contributed by atoms with Gasteiger partial charge in [-0.15, -0.1) is 0 Å². The smallest absolute Gasteiger partial charge is 0.507 e. The van der Waals surface area contributed by atoms with E-state index in [0.29, 0.717) is 55.8 Å². The quantitative estimate of drug-likeness (QED) is 0.156. The van der Waals surface area contributed by atoms with Crippen LogP contribution in [0.2, 0.25) is 0 Å². The number of phosphoric ester groups is 1. The lowest BCUT2D eigenvalue weighted by atomic mass is 9.74. The molecule has 3 rings (SSSR count). The second kappa shape index (κ2) is 17.9. The van der Waals surface area contributed by atoms with E-state index in [1.54, 1.807) is 0 Å². The molecule has 0 aliphatic rings. The fraction of sp³-hybridized carbons (Fsp3) is 0.667. The second-order valence-electron chi connectivity index (χ2n) is 23.5. The Morgan fingerprint density at radius 2 is 0.452 bits per heavy atom. The van der Waals surface area contributed by atoms with Gasteiger partial charge in [0, 0.05) is 66.8 Å². The normalized spacial score (nSPS) is 13.5. The molecule has 0 aromatic heterocycles. The maximum atomic E-state index is 16.9. The minimum atomic E-state index is -4.85. The van der Waals surface area contributed by atoms with E-state index in [-0.39, 0.29) is 17.2 Å². The predicted octanol–water partition coefficient (Wildman–Crippen LogP) is 15.6. The summed E-state index contributed by atoms with van der Waals surface area (Å²) in [5, 5.41) is 36.9. The van der Waals surface area contributed by atoms with E-state index in [4.69, 9.17) is 13.6 Å². The van der Waals surface area contributed by atoms with Crippen LogP contribution in [0.1, 0.15) is 233 Å². The first-order chi connectivity index (χ1) is 27.9. The molecule has 3 aromatic rings. The van der Waals surface area contributed by atoms with Crippen LogP contribution in [0.25, 0.3) is 0 Å². The van der Waals surface area contributed by atoms with E-state index in [2.05, 4.69) is 125 Å². The van der Waals surface area contributed by atoms with Crippen molar-refractivity contribution in [1.82, 2.24) is 0 Å². The summed E-state index contributed by atoms with van der Waals surface area (Å²) in [7, 11) is -4.85. The average molecular weight is 879 g/mol. The molecular weight excluding hydrogens is 792 g/mol. The maximum Gasteiger partial charge on any atom is 0.647 e. The molecule has 0 radical (unpaired) electrons. The van der Waals surface area contributed by atoms with Crippen molar-refractivity contribution in [3.05, 3.63) is 66.8 Å². The van der Waals surface area contributed by atoms with Gasteiger partial charge in [0.05, 0.1) is 0 Å². The molecule has 0 saturated heterocycles. The Kier molecular flexibility index (Phi) is 15.3. The van der Waals surface area contributed by atoms with Crippen LogP contribution in [0.4, 0.5) is 0 Å². The van der Waals surface area contributed by atoms with Crippen LogP contribution in [0, 0.1) is 0 Å². The van der Waals surface area contributed by atoms with E-state index < -0.39 is 40.3 Å². The van der Waals surface area contributed by atoms with Crippen molar-refractivity contribution in [1.29, 1.82) is 0 Å². The third kappa shape index (κ3) is 10.1. The van der Waals surface area contributed by atoms with Gasteiger partial charge in [0.2, 0.25) is 0 Å². The Morgan fingerprint density at radius 3 is 0.548 bits per heavy atom. The largest absolute Gasteiger partial charge is 0.647 e. The van der Waals surface area contributed by atoms with Gasteiger partial charge in [0.1, 0.15) is 34.5 Å². The number of aromatic hydroxyl groups is 3. The summed E-state index contributed by atoms with van der Waals surface area (Å²) in [6.45, 7) is 49.6. The summed E-state index contributed by atoms with van der Waals surface area (Å²) >= 11 is 0. The fourth-order valence-electron chi connectivity index (χ4n) is 10.1. The Balaban J connectivity index is 2.86. The van der Waals surface area contributed by atoms with Crippen molar-refractivity contribution in [3.8, 4) is 34.5 Å². The molecule has 350 valence electrons. The highest BCUT2D eigenvalue weighted by atomic mass is 31.2. The molecule has 3 N–H and O–H groups in total. The number of hydrogen-bond acceptors (Lipinski definition) is 7. The van der Waals surface area contributed by atoms with Crippen molar-refractivity contribution >= 4 is 7.82 Å². The SMILES string of the molecule is CCc1c(OP(=O)(Oc2c(CC)c(C(C)(C)C)c(O)c(C(C)(C)C)c2CC)Oc2c(CC)c(C(C)(C)C)c(O)c(C(C)(C)C)c2CC)c(CC)c(C(C)(C)C)c(O)c1C(C)(C)C. The van der Waals surface area contributed by atoms with Crippen LogP contribution < -0.4 is 13.6 Å². The number of phosphoric acid groups is 1. The highest BCUT2D eigenvalue weighted by molar-refractivity contribution is 7.49. The topological polar surface area (TPSA) is 105 Å². The first kappa shape index (κ1) is 53.0. The number of hydrogen-bond donors (Lipinski definition) is 3. The van der Waals surface area contributed by atoms with E-state index >= 15 is 4.57 Å². The fourth-order valence-corrected chi connectivity index (χ4v) is 11.5. The van der Waals surface area contributed by atoms with Crippen LogP contribution in [0.5, 0.6) is 34.5 Å². The molecule has 0 bridgehead atoms. The lowest BCUT2D eigenvalue weighted by molar-refractivity contribution is 0.288. The van der Waals surface area contributed by atoms with Crippen molar-refractivity contribution in [3.63, 3.8) is 0 Å². The molecular formula is C54H87O7P. The summed E-state index contributed by atoms with van der Waals surface area (Å²) in [4.78, 5) is 0. The second-order valence-corrected chi connectivity index (χ2v) is 24.9. The van der Waals surface area contributed by atoms with Gasteiger partial charge in [-0.3, -0.25) is 0 Å². The van der Waals surface area contributed by atoms with Crippen molar-refractivity contribution in [2.75, 3.05) is 0 Å². The van der Waals surface area contributed by atoms with Gasteiger partial charge in [-0.2, -0.15) is 4.57 Å². The van der Waals surface area contributed by atoms with E-state index in [0.717, 1.165) is 66.8 Å². The molecule has 0 aliphatic carbocycles. The first-order valence-electron chi connectivity index (χ1n) is 23.4. The van der Waals surface area contributed by atoms with Gasteiger partial charge in [-0.05, 0) is 71.0 Å². The average Bonchev–Trinajstić information content (AvgIpc) is 3.08. The zero-order valence-electron chi connectivity index (χ0n) is 43.7. The van der Waals surface area contributed by atoms with E-state index in [1.165, 1.54) is 0 Å². The first-order valence-corrected chi connectivity index (χ1v) is 24.8. The lowest BCUT2D eigenvalue weighted by Crippen LogP contribution is -2.25. The molecule has 7 nitrogen and oxygen atoms in total. The molecule has 0 aliphatic heterocycles. The molecule has 0 heterocycles. The van der Waals surface area contributed by atoms with Crippen LogP contribution in [0.3, 0.4) is 0 Å². The summed E-state index contributed by atoms with van der Waals surface area (Å²) in [6.07, 6.45) is 2.90. The Morgan fingerprint density at radius 1 is 0.323 bits per heavy atom. The summed E-state index contributed by atoms with van der Waals surface area (Å²) < 4.78 is 38.5. The molecule has 0 spiro atoms. The minimum Gasteiger partial charge on any atom is -0.507 e. The third-order valence-corrected chi connectivity index (χ3v) is 13.3. The number of phenols is 3.